The summed E-state index contributed by atoms with van der Waals surface area (Å²) in [4.78, 5) is 14.0. The predicted octanol–water partition coefficient (Wildman–Crippen LogP) is 1.14. The van der Waals surface area contributed by atoms with Gasteiger partial charge in [0.05, 0.1) is 5.60 Å². The van der Waals surface area contributed by atoms with E-state index < -0.39 is 5.60 Å². The highest BCUT2D eigenvalue weighted by Gasteiger charge is 2.33. The molecule has 3 N–H and O–H groups in total. The predicted molar refractivity (Wildman–Crippen MR) is 79.3 cm³/mol. The molecule has 0 spiro atoms. The normalized spacial score (nSPS) is 21.2. The molecule has 2 unspecified atom stereocenters. The first kappa shape index (κ1) is 17.4. The molecule has 1 amide bonds. The van der Waals surface area contributed by atoms with E-state index in [2.05, 4.69) is 0 Å². The highest BCUT2D eigenvalue weighted by Crippen LogP contribution is 2.22. The van der Waals surface area contributed by atoms with E-state index in [1.165, 1.54) is 0 Å². The van der Waals surface area contributed by atoms with Crippen molar-refractivity contribution in [2.24, 2.45) is 11.7 Å². The summed E-state index contributed by atoms with van der Waals surface area (Å²) in [6.07, 6.45) is 3.97. The Kier molecular flexibility index (Phi) is 6.92. The van der Waals surface area contributed by atoms with Crippen LogP contribution in [0.1, 0.15) is 46.0 Å². The number of carbonyl (C=O) groups is 1. The molecule has 0 aromatic carbocycles. The first-order valence-corrected chi connectivity index (χ1v) is 7.65. The van der Waals surface area contributed by atoms with E-state index in [1.54, 1.807) is 11.9 Å². The number of carbonyl (C=O) groups excluding carboxylic acids is 1. The molecule has 1 aliphatic heterocycles. The van der Waals surface area contributed by atoms with Crippen LogP contribution in [0.25, 0.3) is 0 Å². The molecular weight excluding hydrogens is 256 g/mol. The summed E-state index contributed by atoms with van der Waals surface area (Å²) in [5, 5.41) is 10.4. The first-order valence-electron chi connectivity index (χ1n) is 7.65. The van der Waals surface area contributed by atoms with Crippen LogP contribution in [0, 0.1) is 5.92 Å². The van der Waals surface area contributed by atoms with Crippen molar-refractivity contribution in [3.63, 3.8) is 0 Å². The van der Waals surface area contributed by atoms with Crippen LogP contribution in [0.3, 0.4) is 0 Å². The lowest BCUT2D eigenvalue weighted by molar-refractivity contribution is -0.140. The third-order valence-electron chi connectivity index (χ3n) is 4.05. The molecule has 0 aliphatic carbocycles. The highest BCUT2D eigenvalue weighted by atomic mass is 16.5. The molecule has 1 aliphatic rings. The average Bonchev–Trinajstić information content (AvgIpc) is 2.37. The van der Waals surface area contributed by atoms with E-state index in [0.717, 1.165) is 19.3 Å². The van der Waals surface area contributed by atoms with Gasteiger partial charge >= 0.3 is 0 Å². The summed E-state index contributed by atoms with van der Waals surface area (Å²) in [6, 6.07) is 0.193. The molecule has 5 heteroatoms. The standard InChI is InChI=1S/C15H30N2O3/c1-12(5-4-6-13(2)16)14(18)17(3)11-15(19)7-9-20-10-8-15/h12-13,19H,4-11,16H2,1-3H3. The maximum atomic E-state index is 12.3. The average molecular weight is 286 g/mol. The lowest BCUT2D eigenvalue weighted by Gasteiger charge is -2.36. The molecule has 20 heavy (non-hydrogen) atoms. The van der Waals surface area contributed by atoms with Gasteiger partial charge in [-0.3, -0.25) is 4.79 Å². The van der Waals surface area contributed by atoms with Crippen LogP contribution in [-0.4, -0.2) is 54.4 Å². The van der Waals surface area contributed by atoms with Crippen LogP contribution in [0.5, 0.6) is 0 Å². The van der Waals surface area contributed by atoms with Crippen LogP contribution in [0.4, 0.5) is 0 Å². The zero-order valence-electron chi connectivity index (χ0n) is 13.1. The molecule has 118 valence electrons. The Morgan fingerprint density at radius 1 is 1.35 bits per heavy atom. The van der Waals surface area contributed by atoms with Crippen molar-refractivity contribution in [1.82, 2.24) is 4.90 Å². The molecule has 5 nitrogen and oxygen atoms in total. The molecule has 2 atom stereocenters. The molecule has 1 heterocycles. The van der Waals surface area contributed by atoms with E-state index in [4.69, 9.17) is 10.5 Å². The van der Waals surface area contributed by atoms with Gasteiger partial charge in [0.2, 0.25) is 5.91 Å². The van der Waals surface area contributed by atoms with Gasteiger partial charge in [0.25, 0.3) is 0 Å². The number of ether oxygens (including phenoxy) is 1. The van der Waals surface area contributed by atoms with E-state index >= 15 is 0 Å². The highest BCUT2D eigenvalue weighted by molar-refractivity contribution is 5.78. The third-order valence-corrected chi connectivity index (χ3v) is 4.05. The van der Waals surface area contributed by atoms with Crippen molar-refractivity contribution in [1.29, 1.82) is 0 Å². The Balaban J connectivity index is 2.37. The SMILES string of the molecule is CC(N)CCCC(C)C(=O)N(C)CC1(O)CCOCC1. The molecular formula is C15H30N2O3. The molecule has 1 fully saturated rings. The van der Waals surface area contributed by atoms with Gasteiger partial charge in [-0.2, -0.15) is 0 Å². The minimum atomic E-state index is -0.784. The Bertz CT molecular complexity index is 301. The van der Waals surface area contributed by atoms with Crippen molar-refractivity contribution in [3.05, 3.63) is 0 Å². The third kappa shape index (κ3) is 5.77. The molecule has 0 aromatic rings. The Labute approximate surface area is 122 Å². The lowest BCUT2D eigenvalue weighted by Crippen LogP contribution is -2.48. The molecule has 0 aromatic heterocycles. The van der Waals surface area contributed by atoms with Gasteiger partial charge in [0, 0.05) is 51.6 Å². The van der Waals surface area contributed by atoms with Gasteiger partial charge in [-0.1, -0.05) is 13.3 Å². The van der Waals surface area contributed by atoms with Crippen LogP contribution < -0.4 is 5.73 Å². The monoisotopic (exact) mass is 286 g/mol. The zero-order valence-corrected chi connectivity index (χ0v) is 13.1. The number of aliphatic hydroxyl groups is 1. The van der Waals surface area contributed by atoms with Crippen LogP contribution in [-0.2, 0) is 9.53 Å². The Hall–Kier alpha value is -0.650. The lowest BCUT2D eigenvalue weighted by atomic mass is 9.93. The molecule has 0 saturated carbocycles. The second kappa shape index (κ2) is 7.96. The molecule has 0 radical (unpaired) electrons. The maximum absolute atomic E-state index is 12.3. The molecule has 1 saturated heterocycles. The number of nitrogens with two attached hydrogens (primary N) is 1. The summed E-state index contributed by atoms with van der Waals surface area (Å²) in [5.41, 5.74) is 4.93. The minimum Gasteiger partial charge on any atom is -0.388 e. The topological polar surface area (TPSA) is 75.8 Å². The van der Waals surface area contributed by atoms with Gasteiger partial charge < -0.3 is 20.5 Å². The number of hydrogen-bond acceptors (Lipinski definition) is 4. The van der Waals surface area contributed by atoms with Crippen LogP contribution in [0.2, 0.25) is 0 Å². The van der Waals surface area contributed by atoms with Gasteiger partial charge in [0.15, 0.2) is 0 Å². The largest absolute Gasteiger partial charge is 0.388 e. The maximum Gasteiger partial charge on any atom is 0.225 e. The number of nitrogens with zero attached hydrogens (tertiary/aromatic N) is 1. The second-order valence-corrected chi connectivity index (χ2v) is 6.34. The van der Waals surface area contributed by atoms with E-state index in [-0.39, 0.29) is 17.9 Å². The quantitative estimate of drug-likeness (QED) is 0.736. The van der Waals surface area contributed by atoms with Crippen molar-refractivity contribution in [2.45, 2.75) is 57.6 Å². The fourth-order valence-corrected chi connectivity index (χ4v) is 2.67. The van der Waals surface area contributed by atoms with Crippen molar-refractivity contribution in [2.75, 3.05) is 26.8 Å². The number of amides is 1. The summed E-state index contributed by atoms with van der Waals surface area (Å²) >= 11 is 0. The van der Waals surface area contributed by atoms with Gasteiger partial charge in [-0.25, -0.2) is 0 Å². The summed E-state index contributed by atoms with van der Waals surface area (Å²) in [7, 11) is 1.78. The van der Waals surface area contributed by atoms with Crippen LogP contribution in [0.15, 0.2) is 0 Å². The molecule has 0 bridgehead atoms. The second-order valence-electron chi connectivity index (χ2n) is 6.34. The van der Waals surface area contributed by atoms with Crippen LogP contribution >= 0.6 is 0 Å². The smallest absolute Gasteiger partial charge is 0.225 e. The van der Waals surface area contributed by atoms with Gasteiger partial charge in [-0.05, 0) is 19.8 Å². The number of rotatable bonds is 7. The zero-order chi connectivity index (χ0) is 15.2. The van der Waals surface area contributed by atoms with E-state index in [9.17, 15) is 9.90 Å². The summed E-state index contributed by atoms with van der Waals surface area (Å²) in [5.74, 6) is 0.0942. The van der Waals surface area contributed by atoms with E-state index in [1.807, 2.05) is 13.8 Å². The van der Waals surface area contributed by atoms with Crippen molar-refractivity contribution in [3.8, 4) is 0 Å². The fourth-order valence-electron chi connectivity index (χ4n) is 2.67. The Morgan fingerprint density at radius 3 is 2.50 bits per heavy atom. The van der Waals surface area contributed by atoms with E-state index in [0.29, 0.717) is 32.6 Å². The number of hydrogen-bond donors (Lipinski definition) is 2. The summed E-state index contributed by atoms with van der Waals surface area (Å²) in [6.45, 7) is 5.48. The van der Waals surface area contributed by atoms with Crippen molar-refractivity contribution >= 4 is 5.91 Å². The molecule has 1 rings (SSSR count). The van der Waals surface area contributed by atoms with Gasteiger partial charge in [0.1, 0.15) is 0 Å². The van der Waals surface area contributed by atoms with Crippen molar-refractivity contribution < 1.29 is 14.6 Å². The minimum absolute atomic E-state index is 0.0119. The first-order chi connectivity index (χ1) is 9.34. The summed E-state index contributed by atoms with van der Waals surface area (Å²) < 4.78 is 5.25. The van der Waals surface area contributed by atoms with Gasteiger partial charge in [-0.15, -0.1) is 0 Å². The Morgan fingerprint density at radius 2 is 1.95 bits per heavy atom. The fraction of sp³-hybridized carbons (Fsp3) is 0.933. The number of likely N-dealkylation sites (N-methyl/N-ethyl adjacent to an activating group) is 1.